The van der Waals surface area contributed by atoms with Crippen molar-refractivity contribution in [2.75, 3.05) is 33.7 Å². The largest absolute Gasteiger partial charge is 0.335 e. The number of hydrogen-bond donors (Lipinski definition) is 2. The van der Waals surface area contributed by atoms with Gasteiger partial charge in [0.25, 0.3) is 0 Å². The third kappa shape index (κ3) is 5.95. The topological polar surface area (TPSA) is 47.6 Å². The van der Waals surface area contributed by atoms with Crippen molar-refractivity contribution >= 4 is 6.03 Å². The summed E-state index contributed by atoms with van der Waals surface area (Å²) in [4.78, 5) is 17.6. The van der Waals surface area contributed by atoms with Crippen molar-refractivity contribution in [2.45, 2.75) is 63.6 Å². The fourth-order valence-electron chi connectivity index (χ4n) is 4.69. The second-order valence-corrected chi connectivity index (χ2v) is 8.92. The zero-order chi connectivity index (χ0) is 19.9. The molecule has 3 rings (SSSR count). The van der Waals surface area contributed by atoms with Gasteiger partial charge < -0.3 is 20.4 Å². The molecule has 156 valence electrons. The lowest BCUT2D eigenvalue weighted by atomic mass is 9.86. The van der Waals surface area contributed by atoms with Crippen LogP contribution in [-0.4, -0.2) is 61.6 Å². The lowest BCUT2D eigenvalue weighted by Gasteiger charge is -2.37. The summed E-state index contributed by atoms with van der Waals surface area (Å²) in [5.41, 5.74) is 1.18. The van der Waals surface area contributed by atoms with Crippen molar-refractivity contribution in [1.82, 2.24) is 20.4 Å². The highest BCUT2D eigenvalue weighted by molar-refractivity contribution is 5.74. The van der Waals surface area contributed by atoms with Gasteiger partial charge in [-0.05, 0) is 64.3 Å². The maximum Gasteiger partial charge on any atom is 0.315 e. The Morgan fingerprint density at radius 1 is 1.14 bits per heavy atom. The van der Waals surface area contributed by atoms with E-state index in [0.29, 0.717) is 18.0 Å². The molecule has 1 aromatic carbocycles. The lowest BCUT2D eigenvalue weighted by Crippen LogP contribution is -2.50. The third-order valence-corrected chi connectivity index (χ3v) is 6.72. The van der Waals surface area contributed by atoms with Crippen LogP contribution in [0.15, 0.2) is 30.3 Å². The van der Waals surface area contributed by atoms with Crippen LogP contribution >= 0.6 is 0 Å². The van der Waals surface area contributed by atoms with Crippen molar-refractivity contribution in [3.8, 4) is 0 Å². The molecule has 0 unspecified atom stereocenters. The van der Waals surface area contributed by atoms with Gasteiger partial charge in [0.2, 0.25) is 0 Å². The number of urea groups is 1. The summed E-state index contributed by atoms with van der Waals surface area (Å²) in [6, 6.07) is 11.3. The Morgan fingerprint density at radius 2 is 1.82 bits per heavy atom. The summed E-state index contributed by atoms with van der Waals surface area (Å²) >= 11 is 0. The van der Waals surface area contributed by atoms with Gasteiger partial charge in [-0.15, -0.1) is 0 Å². The molecule has 0 aromatic heterocycles. The monoisotopic (exact) mass is 386 g/mol. The highest BCUT2D eigenvalue weighted by Gasteiger charge is 2.26. The van der Waals surface area contributed by atoms with Crippen LogP contribution < -0.4 is 10.6 Å². The van der Waals surface area contributed by atoms with Crippen LogP contribution in [0.5, 0.6) is 0 Å². The molecule has 0 spiro atoms. The van der Waals surface area contributed by atoms with Gasteiger partial charge in [-0.1, -0.05) is 50.1 Å². The smallest absolute Gasteiger partial charge is 0.315 e. The van der Waals surface area contributed by atoms with E-state index < -0.39 is 0 Å². The minimum Gasteiger partial charge on any atom is -0.335 e. The molecule has 1 aromatic rings. The molecule has 5 nitrogen and oxygen atoms in total. The second-order valence-electron chi connectivity index (χ2n) is 8.92. The first-order chi connectivity index (χ1) is 13.5. The molecule has 1 saturated carbocycles. The number of amides is 2. The molecule has 2 fully saturated rings. The summed E-state index contributed by atoms with van der Waals surface area (Å²) in [5, 5.41) is 6.53. The number of nitrogens with zero attached hydrogens (tertiary/aromatic N) is 2. The number of likely N-dealkylation sites (N-methyl/N-ethyl adjacent to an activating group) is 1. The summed E-state index contributed by atoms with van der Waals surface area (Å²) in [5.74, 6) is 0.566. The number of piperidine rings is 1. The van der Waals surface area contributed by atoms with Crippen LogP contribution in [0.2, 0.25) is 0 Å². The number of nitrogens with one attached hydrogen (secondary N) is 2. The predicted molar refractivity (Wildman–Crippen MR) is 115 cm³/mol. The van der Waals surface area contributed by atoms with Gasteiger partial charge in [0.1, 0.15) is 0 Å². The Morgan fingerprint density at radius 3 is 2.50 bits per heavy atom. The molecule has 1 aliphatic heterocycles. The van der Waals surface area contributed by atoms with E-state index in [-0.39, 0.29) is 12.1 Å². The molecule has 2 N–H and O–H groups in total. The van der Waals surface area contributed by atoms with Crippen LogP contribution in [-0.2, 0) is 0 Å². The number of likely N-dealkylation sites (tertiary alicyclic amines) is 1. The number of rotatable bonds is 6. The van der Waals surface area contributed by atoms with Gasteiger partial charge in [0.05, 0.1) is 6.04 Å². The molecule has 1 aliphatic carbocycles. The zero-order valence-corrected chi connectivity index (χ0v) is 17.9. The van der Waals surface area contributed by atoms with Crippen LogP contribution in [0.25, 0.3) is 0 Å². The molecular formula is C23H38N4O. The van der Waals surface area contributed by atoms with Gasteiger partial charge in [0.15, 0.2) is 0 Å². The Balaban J connectivity index is 1.61. The molecule has 1 saturated heterocycles. The van der Waals surface area contributed by atoms with E-state index in [1.807, 2.05) is 6.07 Å². The van der Waals surface area contributed by atoms with Crippen molar-refractivity contribution in [3.05, 3.63) is 35.9 Å². The average molecular weight is 387 g/mol. The minimum absolute atomic E-state index is 0.00440. The van der Waals surface area contributed by atoms with Gasteiger partial charge in [0, 0.05) is 18.6 Å². The number of carbonyl (C=O) groups excluding carboxylic acids is 1. The van der Waals surface area contributed by atoms with E-state index in [4.69, 9.17) is 0 Å². The number of carbonyl (C=O) groups is 1. The molecular weight excluding hydrogens is 348 g/mol. The van der Waals surface area contributed by atoms with Crippen molar-refractivity contribution < 1.29 is 4.79 Å². The standard InChI is InChI=1S/C23H38N4O/c1-18-9-7-8-12-21(18)24-23(28)25-22(19-10-5-4-6-11-19)17-27(3)20-13-15-26(2)16-14-20/h4-6,10-11,18,20-22H,7-9,12-17H2,1-3H3,(H2,24,25,28)/t18-,21+,22-/m1/s1. The number of benzene rings is 1. The van der Waals surface area contributed by atoms with Crippen LogP contribution in [0.1, 0.15) is 57.1 Å². The minimum atomic E-state index is -0.0237. The van der Waals surface area contributed by atoms with Gasteiger partial charge >= 0.3 is 6.03 Å². The first-order valence-corrected chi connectivity index (χ1v) is 11.0. The summed E-state index contributed by atoms with van der Waals surface area (Å²) < 4.78 is 0. The van der Waals surface area contributed by atoms with Crippen LogP contribution in [0, 0.1) is 5.92 Å². The molecule has 28 heavy (non-hydrogen) atoms. The maximum absolute atomic E-state index is 12.8. The molecule has 1 heterocycles. The van der Waals surface area contributed by atoms with Gasteiger partial charge in [-0.25, -0.2) is 4.79 Å². The number of hydrogen-bond acceptors (Lipinski definition) is 3. The lowest BCUT2D eigenvalue weighted by molar-refractivity contribution is 0.134. The van der Waals surface area contributed by atoms with E-state index >= 15 is 0 Å². The molecule has 0 radical (unpaired) electrons. The third-order valence-electron chi connectivity index (χ3n) is 6.72. The molecule has 2 amide bonds. The molecule has 0 bridgehead atoms. The van der Waals surface area contributed by atoms with E-state index in [0.717, 1.165) is 26.1 Å². The summed E-state index contributed by atoms with van der Waals surface area (Å²) in [7, 11) is 4.40. The fraction of sp³-hybridized carbons (Fsp3) is 0.696. The van der Waals surface area contributed by atoms with Crippen molar-refractivity contribution in [2.24, 2.45) is 5.92 Å². The van der Waals surface area contributed by atoms with Crippen molar-refractivity contribution in [1.29, 1.82) is 0 Å². The molecule has 5 heteroatoms. The summed E-state index contributed by atoms with van der Waals surface area (Å²) in [6.45, 7) is 5.40. The SMILES string of the molecule is C[C@@H]1CCCC[C@@H]1NC(=O)N[C@H](CN(C)C1CCN(C)CC1)c1ccccc1. The Labute approximate surface area is 170 Å². The first-order valence-electron chi connectivity index (χ1n) is 11.0. The highest BCUT2D eigenvalue weighted by atomic mass is 16.2. The summed E-state index contributed by atoms with van der Waals surface area (Å²) in [6.07, 6.45) is 7.21. The fourth-order valence-corrected chi connectivity index (χ4v) is 4.69. The van der Waals surface area contributed by atoms with E-state index in [1.54, 1.807) is 0 Å². The van der Waals surface area contributed by atoms with E-state index in [2.05, 4.69) is 65.7 Å². The van der Waals surface area contributed by atoms with E-state index in [1.165, 1.54) is 37.7 Å². The van der Waals surface area contributed by atoms with E-state index in [9.17, 15) is 4.79 Å². The van der Waals surface area contributed by atoms with Crippen molar-refractivity contribution in [3.63, 3.8) is 0 Å². The predicted octanol–water partition coefficient (Wildman–Crippen LogP) is 3.63. The van der Waals surface area contributed by atoms with Crippen LogP contribution in [0.3, 0.4) is 0 Å². The van der Waals surface area contributed by atoms with Gasteiger partial charge in [-0.3, -0.25) is 0 Å². The second kappa shape index (κ2) is 10.3. The van der Waals surface area contributed by atoms with Gasteiger partial charge in [-0.2, -0.15) is 0 Å². The Bertz CT molecular complexity index is 600. The normalized spacial score (nSPS) is 25.4. The Hall–Kier alpha value is -1.59. The maximum atomic E-state index is 12.8. The first kappa shape index (κ1) is 21.1. The molecule has 2 aliphatic rings. The van der Waals surface area contributed by atoms with Crippen LogP contribution in [0.4, 0.5) is 4.79 Å². The zero-order valence-electron chi connectivity index (χ0n) is 17.9. The Kier molecular flexibility index (Phi) is 7.74. The molecule has 3 atom stereocenters. The average Bonchev–Trinajstić information content (AvgIpc) is 2.70. The highest BCUT2D eigenvalue weighted by Crippen LogP contribution is 2.24. The quantitative estimate of drug-likeness (QED) is 0.785.